The van der Waals surface area contributed by atoms with E-state index in [2.05, 4.69) is 4.98 Å². The molecule has 2 aliphatic rings. The van der Waals surface area contributed by atoms with Crippen LogP contribution in [0.25, 0.3) is 10.1 Å². The molecule has 2 fully saturated rings. The average Bonchev–Trinajstić information content (AvgIpc) is 2.78. The molecule has 2 aromatic rings. The Morgan fingerprint density at radius 2 is 1.81 bits per heavy atom. The van der Waals surface area contributed by atoms with Gasteiger partial charge in [0.2, 0.25) is 5.91 Å². The monoisotopic (exact) mass is 480 g/mol. The maximum absolute atomic E-state index is 12.8. The fraction of sp³-hybridized carbons (Fsp3) is 0.550. The minimum atomic E-state index is -3.74. The van der Waals surface area contributed by atoms with Crippen LogP contribution in [-0.2, 0) is 14.6 Å². The maximum Gasteiger partial charge on any atom is 0.288 e. The Morgan fingerprint density at radius 1 is 1.16 bits per heavy atom. The summed E-state index contributed by atoms with van der Waals surface area (Å²) in [5.41, 5.74) is -1.14. The van der Waals surface area contributed by atoms with Crippen LogP contribution in [0.2, 0.25) is 0 Å². The predicted octanol–water partition coefficient (Wildman–Crippen LogP) is 2.20. The average molecular weight is 481 g/mol. The number of hydrogen-bond acceptors (Lipinski definition) is 9. The Morgan fingerprint density at radius 3 is 2.41 bits per heavy atom. The molecule has 1 saturated heterocycles. The van der Waals surface area contributed by atoms with E-state index < -0.39 is 26.0 Å². The number of sulfone groups is 1. The standard InChI is InChI=1S/C20H24N4O6S2/c1-32(29,30)14-11-15-17(16(12-14)24(27)28)31-20(21-18(15)25)23-9-7-22(8-10-23)19(26)13-5-3-2-4-6-13/h11-13H,2-10H2,1H3. The zero-order chi connectivity index (χ0) is 23.0. The zero-order valence-electron chi connectivity index (χ0n) is 17.7. The van der Waals surface area contributed by atoms with Crippen molar-refractivity contribution >= 4 is 48.0 Å². The summed E-state index contributed by atoms with van der Waals surface area (Å²) in [5.74, 6) is 0.282. The fourth-order valence-corrected chi connectivity index (χ4v) is 6.10. The van der Waals surface area contributed by atoms with Gasteiger partial charge in [-0.2, -0.15) is 4.98 Å². The van der Waals surface area contributed by atoms with E-state index in [-0.39, 0.29) is 26.8 Å². The van der Waals surface area contributed by atoms with Crippen LogP contribution in [0.15, 0.2) is 21.8 Å². The first-order chi connectivity index (χ1) is 15.1. The highest BCUT2D eigenvalue weighted by Crippen LogP contribution is 2.34. The van der Waals surface area contributed by atoms with Crippen LogP contribution in [0, 0.1) is 16.0 Å². The van der Waals surface area contributed by atoms with Gasteiger partial charge in [0.05, 0.1) is 15.2 Å². The number of amides is 1. The lowest BCUT2D eigenvalue weighted by Crippen LogP contribution is -2.50. The van der Waals surface area contributed by atoms with Gasteiger partial charge in [0.15, 0.2) is 15.0 Å². The fourth-order valence-electron chi connectivity index (χ4n) is 4.33. The van der Waals surface area contributed by atoms with E-state index >= 15 is 0 Å². The second kappa shape index (κ2) is 8.74. The van der Waals surface area contributed by atoms with Gasteiger partial charge in [-0.1, -0.05) is 30.6 Å². The van der Waals surface area contributed by atoms with Crippen LogP contribution < -0.4 is 10.5 Å². The Hall–Kier alpha value is -2.60. The van der Waals surface area contributed by atoms with Crippen LogP contribution in [0.4, 0.5) is 10.8 Å². The highest BCUT2D eigenvalue weighted by atomic mass is 32.2. The predicted molar refractivity (Wildman–Crippen MR) is 121 cm³/mol. The van der Waals surface area contributed by atoms with E-state index in [4.69, 9.17) is 0 Å². The number of carbonyl (C=O) groups is 1. The molecule has 0 atom stereocenters. The van der Waals surface area contributed by atoms with Crippen LogP contribution in [0.3, 0.4) is 0 Å². The number of hydrogen-bond donors (Lipinski definition) is 0. The molecule has 0 radical (unpaired) electrons. The normalized spacial score (nSPS) is 18.2. The first-order valence-electron chi connectivity index (χ1n) is 10.5. The van der Waals surface area contributed by atoms with Gasteiger partial charge in [0, 0.05) is 44.4 Å². The second-order valence-electron chi connectivity index (χ2n) is 8.30. The summed E-state index contributed by atoms with van der Waals surface area (Å²) < 4.78 is 23.9. The lowest BCUT2D eigenvalue weighted by Gasteiger charge is -2.37. The van der Waals surface area contributed by atoms with Crippen molar-refractivity contribution in [1.29, 1.82) is 0 Å². The molecule has 172 valence electrons. The second-order valence-corrected chi connectivity index (χ2v) is 11.3. The molecule has 32 heavy (non-hydrogen) atoms. The van der Waals surface area contributed by atoms with E-state index in [1.54, 1.807) is 0 Å². The van der Waals surface area contributed by atoms with Crippen molar-refractivity contribution in [1.82, 2.24) is 9.88 Å². The molecule has 1 aliphatic heterocycles. The van der Waals surface area contributed by atoms with Gasteiger partial charge >= 0.3 is 0 Å². The maximum atomic E-state index is 12.8. The lowest BCUT2D eigenvalue weighted by atomic mass is 9.88. The molecule has 4 rings (SSSR count). The molecule has 0 bridgehead atoms. The van der Waals surface area contributed by atoms with Crippen molar-refractivity contribution in [3.8, 4) is 0 Å². The van der Waals surface area contributed by atoms with E-state index in [0.29, 0.717) is 31.3 Å². The molecule has 1 aromatic heterocycles. The minimum Gasteiger partial charge on any atom is -0.344 e. The van der Waals surface area contributed by atoms with Crippen molar-refractivity contribution in [2.45, 2.75) is 37.0 Å². The van der Waals surface area contributed by atoms with Crippen molar-refractivity contribution in [3.05, 3.63) is 32.6 Å². The van der Waals surface area contributed by atoms with Gasteiger partial charge in [0.1, 0.15) is 4.70 Å². The van der Waals surface area contributed by atoms with E-state index in [1.807, 2.05) is 9.80 Å². The SMILES string of the molecule is CS(=O)(=O)c1cc([N+](=O)[O-])c2sc(N3CCN(C(=O)C4CCCCC4)CC3)nc(=O)c2c1. The summed E-state index contributed by atoms with van der Waals surface area (Å²) in [5, 5.41) is 11.9. The quantitative estimate of drug-likeness (QED) is 0.481. The molecule has 1 saturated carbocycles. The van der Waals surface area contributed by atoms with Crippen LogP contribution in [-0.4, -0.2) is 61.6 Å². The third kappa shape index (κ3) is 4.46. The molecule has 1 amide bonds. The summed E-state index contributed by atoms with van der Waals surface area (Å²) in [6.45, 7) is 1.96. The first kappa shape index (κ1) is 22.6. The Labute approximate surface area is 188 Å². The highest BCUT2D eigenvalue weighted by molar-refractivity contribution is 7.90. The van der Waals surface area contributed by atoms with E-state index in [9.17, 15) is 28.1 Å². The van der Waals surface area contributed by atoms with E-state index in [0.717, 1.165) is 55.4 Å². The minimum absolute atomic E-state index is 0.0838. The Kier molecular flexibility index (Phi) is 6.17. The number of rotatable bonds is 4. The van der Waals surface area contributed by atoms with Crippen molar-refractivity contribution in [2.24, 2.45) is 5.92 Å². The topological polar surface area (TPSA) is 131 Å². The zero-order valence-corrected chi connectivity index (χ0v) is 19.3. The highest BCUT2D eigenvalue weighted by Gasteiger charge is 2.30. The molecule has 0 spiro atoms. The molecular formula is C20H24N4O6S2. The summed E-state index contributed by atoms with van der Waals surface area (Å²) in [4.78, 5) is 43.9. The number of piperazine rings is 1. The molecule has 12 heteroatoms. The lowest BCUT2D eigenvalue weighted by molar-refractivity contribution is -0.383. The summed E-state index contributed by atoms with van der Waals surface area (Å²) in [6, 6.07) is 2.13. The van der Waals surface area contributed by atoms with Gasteiger partial charge < -0.3 is 9.80 Å². The van der Waals surface area contributed by atoms with Gasteiger partial charge in [0.25, 0.3) is 11.2 Å². The number of non-ortho nitro benzene ring substituents is 1. The summed E-state index contributed by atoms with van der Waals surface area (Å²) >= 11 is 0.994. The molecular weight excluding hydrogens is 456 g/mol. The molecule has 0 unspecified atom stereocenters. The number of nitro benzene ring substituents is 1. The number of fused-ring (bicyclic) bond motifs is 1. The summed E-state index contributed by atoms with van der Waals surface area (Å²) in [7, 11) is -3.74. The van der Waals surface area contributed by atoms with Crippen molar-refractivity contribution in [2.75, 3.05) is 37.3 Å². The molecule has 2 heterocycles. The molecule has 1 aromatic carbocycles. The molecule has 1 aliphatic carbocycles. The van der Waals surface area contributed by atoms with Gasteiger partial charge in [-0.05, 0) is 18.9 Å². The molecule has 10 nitrogen and oxygen atoms in total. The van der Waals surface area contributed by atoms with Gasteiger partial charge in [-0.25, -0.2) is 8.42 Å². The number of carbonyl (C=O) groups excluding carboxylic acids is 1. The largest absolute Gasteiger partial charge is 0.344 e. The first-order valence-corrected chi connectivity index (χ1v) is 13.2. The number of anilines is 1. The van der Waals surface area contributed by atoms with Crippen LogP contribution in [0.5, 0.6) is 0 Å². The molecule has 0 N–H and O–H groups in total. The Bertz CT molecular complexity index is 1230. The van der Waals surface area contributed by atoms with E-state index in [1.165, 1.54) is 6.42 Å². The van der Waals surface area contributed by atoms with Crippen molar-refractivity contribution in [3.63, 3.8) is 0 Å². The Balaban J connectivity index is 1.60. The van der Waals surface area contributed by atoms with Gasteiger partial charge in [-0.15, -0.1) is 0 Å². The number of nitrogens with zero attached hydrogens (tertiary/aromatic N) is 4. The smallest absolute Gasteiger partial charge is 0.288 e. The third-order valence-electron chi connectivity index (χ3n) is 6.10. The summed E-state index contributed by atoms with van der Waals surface area (Å²) in [6.07, 6.45) is 6.16. The van der Waals surface area contributed by atoms with Crippen LogP contribution >= 0.6 is 11.3 Å². The number of benzene rings is 1. The van der Waals surface area contributed by atoms with Gasteiger partial charge in [-0.3, -0.25) is 19.7 Å². The third-order valence-corrected chi connectivity index (χ3v) is 8.36. The van der Waals surface area contributed by atoms with Crippen molar-refractivity contribution < 1.29 is 18.1 Å². The van der Waals surface area contributed by atoms with Crippen LogP contribution in [0.1, 0.15) is 32.1 Å². The number of nitro groups is 1. The number of aromatic nitrogens is 1.